The Kier molecular flexibility index (Phi) is 2.02. The first-order valence-electron chi connectivity index (χ1n) is 5.86. The Labute approximate surface area is 99.9 Å². The van der Waals surface area contributed by atoms with Gasteiger partial charge in [-0.1, -0.05) is 35.9 Å². The van der Waals surface area contributed by atoms with Crippen molar-refractivity contribution in [3.8, 4) is 0 Å². The zero-order valence-electron chi connectivity index (χ0n) is 9.73. The number of aliphatic carboxylic acids is 1. The van der Waals surface area contributed by atoms with E-state index in [2.05, 4.69) is 25.1 Å². The van der Waals surface area contributed by atoms with Gasteiger partial charge in [-0.15, -0.1) is 0 Å². The van der Waals surface area contributed by atoms with Gasteiger partial charge in [0.1, 0.15) is 0 Å². The summed E-state index contributed by atoms with van der Waals surface area (Å²) in [6.07, 6.45) is 1.53. The van der Waals surface area contributed by atoms with Crippen molar-refractivity contribution >= 4 is 16.7 Å². The van der Waals surface area contributed by atoms with Crippen molar-refractivity contribution in [3.63, 3.8) is 0 Å². The minimum absolute atomic E-state index is 0.599. The van der Waals surface area contributed by atoms with Crippen LogP contribution in [0.15, 0.2) is 36.4 Å². The summed E-state index contributed by atoms with van der Waals surface area (Å²) in [5.41, 5.74) is 1.55. The lowest BCUT2D eigenvalue weighted by Crippen LogP contribution is -2.19. The summed E-state index contributed by atoms with van der Waals surface area (Å²) in [6.45, 7) is 2.05. The van der Waals surface area contributed by atoms with Gasteiger partial charge in [0.05, 0.1) is 5.41 Å². The third kappa shape index (κ3) is 1.52. The highest BCUT2D eigenvalue weighted by molar-refractivity contribution is 5.89. The molecule has 1 aliphatic carbocycles. The Morgan fingerprint density at radius 2 is 1.82 bits per heavy atom. The molecule has 2 aromatic carbocycles. The predicted molar refractivity (Wildman–Crippen MR) is 67.2 cm³/mol. The quantitative estimate of drug-likeness (QED) is 0.853. The molecule has 2 aromatic rings. The normalized spacial score (nSPS) is 17.0. The molecule has 0 radical (unpaired) electrons. The summed E-state index contributed by atoms with van der Waals surface area (Å²) in [4.78, 5) is 11.3. The molecule has 0 saturated heterocycles. The molecule has 0 aromatic heterocycles. The summed E-state index contributed by atoms with van der Waals surface area (Å²) in [7, 11) is 0. The van der Waals surface area contributed by atoms with Crippen LogP contribution >= 0.6 is 0 Å². The van der Waals surface area contributed by atoms with E-state index in [9.17, 15) is 9.90 Å². The molecule has 3 rings (SSSR count). The molecule has 0 heterocycles. The molecular weight excluding hydrogens is 212 g/mol. The number of fused-ring (bicyclic) bond motifs is 1. The van der Waals surface area contributed by atoms with Gasteiger partial charge in [0.25, 0.3) is 0 Å². The van der Waals surface area contributed by atoms with Crippen LogP contribution in [-0.4, -0.2) is 11.1 Å². The average Bonchev–Trinajstić information content (AvgIpc) is 3.09. The van der Waals surface area contributed by atoms with E-state index in [-0.39, 0.29) is 0 Å². The standard InChI is InChI=1S/C15H14O2/c1-10-2-3-11-4-5-13(9-12(11)8-10)15(6-7-15)14(16)17/h2-5,8-9H,6-7H2,1H3,(H,16,17). The number of carbonyl (C=O) groups is 1. The van der Waals surface area contributed by atoms with Crippen LogP contribution < -0.4 is 0 Å². The maximum atomic E-state index is 11.3. The second kappa shape index (κ2) is 3.33. The lowest BCUT2D eigenvalue weighted by molar-refractivity contribution is -0.140. The van der Waals surface area contributed by atoms with Gasteiger partial charge in [0, 0.05) is 0 Å². The Morgan fingerprint density at radius 1 is 1.12 bits per heavy atom. The van der Waals surface area contributed by atoms with E-state index in [1.165, 1.54) is 10.9 Å². The molecule has 0 bridgehead atoms. The minimum Gasteiger partial charge on any atom is -0.481 e. The highest BCUT2D eigenvalue weighted by Crippen LogP contribution is 2.48. The fourth-order valence-corrected chi connectivity index (χ4v) is 2.41. The van der Waals surface area contributed by atoms with Crippen LogP contribution in [0.2, 0.25) is 0 Å². The first kappa shape index (κ1) is 10.3. The van der Waals surface area contributed by atoms with Gasteiger partial charge in [-0.3, -0.25) is 4.79 Å². The summed E-state index contributed by atoms with van der Waals surface area (Å²) < 4.78 is 0. The highest BCUT2D eigenvalue weighted by Gasteiger charge is 2.51. The largest absolute Gasteiger partial charge is 0.481 e. The zero-order valence-corrected chi connectivity index (χ0v) is 9.73. The van der Waals surface area contributed by atoms with Gasteiger partial charge in [-0.05, 0) is 42.2 Å². The number of hydrogen-bond acceptors (Lipinski definition) is 1. The summed E-state index contributed by atoms with van der Waals surface area (Å²) >= 11 is 0. The summed E-state index contributed by atoms with van der Waals surface area (Å²) in [5.74, 6) is -0.690. The average molecular weight is 226 g/mol. The topological polar surface area (TPSA) is 37.3 Å². The van der Waals surface area contributed by atoms with Crippen molar-refractivity contribution in [2.45, 2.75) is 25.2 Å². The fourth-order valence-electron chi connectivity index (χ4n) is 2.41. The molecule has 1 saturated carbocycles. The maximum absolute atomic E-state index is 11.3. The molecule has 17 heavy (non-hydrogen) atoms. The number of aryl methyl sites for hydroxylation is 1. The van der Waals surface area contributed by atoms with Crippen molar-refractivity contribution in [1.29, 1.82) is 0 Å². The van der Waals surface area contributed by atoms with E-state index in [0.29, 0.717) is 0 Å². The predicted octanol–water partition coefficient (Wildman–Crippen LogP) is 3.26. The third-order valence-corrected chi connectivity index (χ3v) is 3.71. The van der Waals surface area contributed by atoms with Gasteiger partial charge in [0.15, 0.2) is 0 Å². The zero-order chi connectivity index (χ0) is 12.0. The summed E-state index contributed by atoms with van der Waals surface area (Å²) in [6, 6.07) is 12.3. The molecule has 0 unspecified atom stereocenters. The lowest BCUT2D eigenvalue weighted by atomic mass is 9.93. The minimum atomic E-state index is -0.690. The smallest absolute Gasteiger partial charge is 0.314 e. The van der Waals surface area contributed by atoms with Gasteiger partial charge in [0.2, 0.25) is 0 Å². The maximum Gasteiger partial charge on any atom is 0.314 e. The molecule has 1 N–H and O–H groups in total. The van der Waals surface area contributed by atoms with Crippen LogP contribution in [0.5, 0.6) is 0 Å². The van der Waals surface area contributed by atoms with Crippen LogP contribution in [0.25, 0.3) is 10.8 Å². The fraction of sp³-hybridized carbons (Fsp3) is 0.267. The molecular formula is C15H14O2. The molecule has 1 fully saturated rings. The Hall–Kier alpha value is -1.83. The molecule has 2 heteroatoms. The van der Waals surface area contributed by atoms with Gasteiger partial charge >= 0.3 is 5.97 Å². The number of carboxylic acid groups (broad SMARTS) is 1. The van der Waals surface area contributed by atoms with E-state index in [0.717, 1.165) is 23.8 Å². The monoisotopic (exact) mass is 226 g/mol. The van der Waals surface area contributed by atoms with Crippen molar-refractivity contribution < 1.29 is 9.90 Å². The molecule has 86 valence electrons. The van der Waals surface area contributed by atoms with Gasteiger partial charge < -0.3 is 5.11 Å². The van der Waals surface area contributed by atoms with Crippen LogP contribution in [-0.2, 0) is 10.2 Å². The number of benzene rings is 2. The lowest BCUT2D eigenvalue weighted by Gasteiger charge is -2.11. The summed E-state index contributed by atoms with van der Waals surface area (Å²) in [5, 5.41) is 11.6. The third-order valence-electron chi connectivity index (χ3n) is 3.71. The number of rotatable bonds is 2. The molecule has 1 aliphatic rings. The molecule has 0 spiro atoms. The second-order valence-corrected chi connectivity index (χ2v) is 4.95. The Balaban J connectivity index is 2.16. The number of hydrogen-bond donors (Lipinski definition) is 1. The Bertz CT molecular complexity index is 609. The van der Waals surface area contributed by atoms with Crippen molar-refractivity contribution in [3.05, 3.63) is 47.5 Å². The van der Waals surface area contributed by atoms with E-state index >= 15 is 0 Å². The first-order chi connectivity index (χ1) is 8.12. The van der Waals surface area contributed by atoms with Gasteiger partial charge in [-0.25, -0.2) is 0 Å². The molecule has 0 amide bonds. The SMILES string of the molecule is Cc1ccc2ccc(C3(C(=O)O)CC3)cc2c1. The van der Waals surface area contributed by atoms with Crippen molar-refractivity contribution in [2.24, 2.45) is 0 Å². The molecule has 0 atom stereocenters. The van der Waals surface area contributed by atoms with Crippen molar-refractivity contribution in [1.82, 2.24) is 0 Å². The van der Waals surface area contributed by atoms with E-state index in [4.69, 9.17) is 0 Å². The van der Waals surface area contributed by atoms with Crippen molar-refractivity contribution in [2.75, 3.05) is 0 Å². The van der Waals surface area contributed by atoms with Crippen LogP contribution in [0.4, 0.5) is 0 Å². The van der Waals surface area contributed by atoms with Crippen LogP contribution in [0.1, 0.15) is 24.0 Å². The van der Waals surface area contributed by atoms with E-state index in [1.807, 2.05) is 18.2 Å². The first-order valence-corrected chi connectivity index (χ1v) is 5.86. The van der Waals surface area contributed by atoms with Crippen LogP contribution in [0.3, 0.4) is 0 Å². The highest BCUT2D eigenvalue weighted by atomic mass is 16.4. The van der Waals surface area contributed by atoms with Gasteiger partial charge in [-0.2, -0.15) is 0 Å². The van der Waals surface area contributed by atoms with Crippen LogP contribution in [0, 0.1) is 6.92 Å². The van der Waals surface area contributed by atoms with E-state index < -0.39 is 11.4 Å². The second-order valence-electron chi connectivity index (χ2n) is 4.95. The number of carboxylic acids is 1. The Morgan fingerprint density at radius 3 is 2.47 bits per heavy atom. The molecule has 2 nitrogen and oxygen atoms in total. The molecule has 0 aliphatic heterocycles. The van der Waals surface area contributed by atoms with E-state index in [1.54, 1.807) is 0 Å².